The number of fused-ring (bicyclic) bond motifs is 3. The number of para-hydroxylation sites is 2. The zero-order chi connectivity index (χ0) is 14.2. The fourth-order valence-corrected chi connectivity index (χ4v) is 3.17. The third-order valence-electron chi connectivity index (χ3n) is 4.05. The Morgan fingerprint density at radius 1 is 0.857 bits per heavy atom. The van der Waals surface area contributed by atoms with Gasteiger partial charge in [0.2, 0.25) is 0 Å². The molecule has 0 aliphatic carbocycles. The van der Waals surface area contributed by atoms with E-state index in [0.717, 1.165) is 12.2 Å². The molecule has 2 aromatic heterocycles. The zero-order valence-corrected chi connectivity index (χ0v) is 12.0. The molecule has 4 rings (SSSR count). The van der Waals surface area contributed by atoms with Crippen LogP contribution in [0.1, 0.15) is 6.92 Å². The summed E-state index contributed by atoms with van der Waals surface area (Å²) in [6, 6.07) is 21.2. The molecule has 0 unspecified atom stereocenters. The Morgan fingerprint density at radius 2 is 1.67 bits per heavy atom. The van der Waals surface area contributed by atoms with Gasteiger partial charge in [-0.2, -0.15) is 0 Å². The van der Waals surface area contributed by atoms with Crippen LogP contribution in [0.2, 0.25) is 0 Å². The first kappa shape index (κ1) is 12.2. The quantitative estimate of drug-likeness (QED) is 0.508. The molecule has 0 saturated heterocycles. The minimum Gasteiger partial charge on any atom is -0.340 e. The Morgan fingerprint density at radius 3 is 2.48 bits per heavy atom. The van der Waals surface area contributed by atoms with E-state index in [-0.39, 0.29) is 0 Å². The van der Waals surface area contributed by atoms with Crippen molar-refractivity contribution in [2.75, 3.05) is 0 Å². The van der Waals surface area contributed by atoms with Gasteiger partial charge in [-0.15, -0.1) is 0 Å². The molecule has 0 spiro atoms. The largest absolute Gasteiger partial charge is 0.340 e. The highest BCUT2D eigenvalue weighted by Crippen LogP contribution is 2.34. The first-order valence-electron chi connectivity index (χ1n) is 7.31. The molecule has 0 fully saturated rings. The van der Waals surface area contributed by atoms with Crippen molar-refractivity contribution in [2.45, 2.75) is 13.5 Å². The topological polar surface area (TPSA) is 17.8 Å². The van der Waals surface area contributed by atoms with Gasteiger partial charge in [0.1, 0.15) is 0 Å². The summed E-state index contributed by atoms with van der Waals surface area (Å²) in [4.78, 5) is 4.53. The van der Waals surface area contributed by atoms with Crippen molar-refractivity contribution in [1.82, 2.24) is 9.55 Å². The number of aromatic nitrogens is 2. The van der Waals surface area contributed by atoms with Crippen molar-refractivity contribution < 1.29 is 0 Å². The lowest BCUT2D eigenvalue weighted by Gasteiger charge is -2.08. The lowest BCUT2D eigenvalue weighted by atomic mass is 10.1. The highest BCUT2D eigenvalue weighted by molar-refractivity contribution is 6.12. The van der Waals surface area contributed by atoms with E-state index >= 15 is 0 Å². The molecule has 0 atom stereocenters. The number of rotatable bonds is 2. The van der Waals surface area contributed by atoms with E-state index in [4.69, 9.17) is 0 Å². The maximum absolute atomic E-state index is 4.53. The van der Waals surface area contributed by atoms with Crippen LogP contribution in [0, 0.1) is 0 Å². The summed E-state index contributed by atoms with van der Waals surface area (Å²) in [5.41, 5.74) is 4.80. The number of hydrogen-bond donors (Lipinski definition) is 0. The minimum atomic E-state index is 0.952. The molecule has 21 heavy (non-hydrogen) atoms. The lowest BCUT2D eigenvalue weighted by Crippen LogP contribution is -1.95. The molecule has 0 bridgehead atoms. The fourth-order valence-electron chi connectivity index (χ4n) is 3.17. The Hall–Kier alpha value is -2.61. The SMILES string of the molecule is CCn1c2ccccc2c2cccc(-c3ccccn3)c21. The molecule has 102 valence electrons. The second-order valence-corrected chi connectivity index (χ2v) is 5.18. The van der Waals surface area contributed by atoms with Crippen LogP contribution in [0.3, 0.4) is 0 Å². The summed E-state index contributed by atoms with van der Waals surface area (Å²) in [5.74, 6) is 0. The van der Waals surface area contributed by atoms with Crippen LogP contribution in [0.25, 0.3) is 33.1 Å². The second kappa shape index (κ2) is 4.74. The summed E-state index contributed by atoms with van der Waals surface area (Å²) in [5, 5.41) is 2.61. The van der Waals surface area contributed by atoms with Crippen molar-refractivity contribution in [2.24, 2.45) is 0 Å². The maximum Gasteiger partial charge on any atom is 0.0723 e. The highest BCUT2D eigenvalue weighted by atomic mass is 15.0. The first-order chi connectivity index (χ1) is 10.4. The van der Waals surface area contributed by atoms with Gasteiger partial charge in [0.15, 0.2) is 0 Å². The molecule has 0 aliphatic heterocycles. The molecule has 2 heteroatoms. The summed E-state index contributed by atoms with van der Waals surface area (Å²) < 4.78 is 2.38. The van der Waals surface area contributed by atoms with Gasteiger partial charge in [-0.25, -0.2) is 0 Å². The van der Waals surface area contributed by atoms with Crippen molar-refractivity contribution in [3.8, 4) is 11.3 Å². The van der Waals surface area contributed by atoms with Crippen LogP contribution in [-0.2, 0) is 6.54 Å². The van der Waals surface area contributed by atoms with E-state index < -0.39 is 0 Å². The van der Waals surface area contributed by atoms with E-state index in [9.17, 15) is 0 Å². The molecule has 0 aliphatic rings. The molecular formula is C19H16N2. The standard InChI is InChI=1S/C19H16N2/c1-2-21-18-12-4-3-8-14(18)15-9-7-10-16(19(15)21)17-11-5-6-13-20-17/h3-13H,2H2,1H3. The van der Waals surface area contributed by atoms with Gasteiger partial charge in [-0.3, -0.25) is 4.98 Å². The van der Waals surface area contributed by atoms with Crippen LogP contribution in [0.15, 0.2) is 66.9 Å². The maximum atomic E-state index is 4.53. The third kappa shape index (κ3) is 1.76. The van der Waals surface area contributed by atoms with Crippen LogP contribution < -0.4 is 0 Å². The zero-order valence-electron chi connectivity index (χ0n) is 12.0. The average molecular weight is 272 g/mol. The van der Waals surface area contributed by atoms with Crippen molar-refractivity contribution >= 4 is 21.8 Å². The van der Waals surface area contributed by atoms with E-state index in [1.165, 1.54) is 27.4 Å². The van der Waals surface area contributed by atoms with Gasteiger partial charge < -0.3 is 4.57 Å². The molecular weight excluding hydrogens is 256 g/mol. The number of aryl methyl sites for hydroxylation is 1. The van der Waals surface area contributed by atoms with Gasteiger partial charge in [0.25, 0.3) is 0 Å². The predicted octanol–water partition coefficient (Wildman–Crippen LogP) is 4.88. The van der Waals surface area contributed by atoms with Gasteiger partial charge in [-0.05, 0) is 25.1 Å². The van der Waals surface area contributed by atoms with Gasteiger partial charge >= 0.3 is 0 Å². The van der Waals surface area contributed by atoms with Gasteiger partial charge in [-0.1, -0.05) is 42.5 Å². The fraction of sp³-hybridized carbons (Fsp3) is 0.105. The highest BCUT2D eigenvalue weighted by Gasteiger charge is 2.13. The van der Waals surface area contributed by atoms with Crippen LogP contribution in [0.5, 0.6) is 0 Å². The summed E-state index contributed by atoms with van der Waals surface area (Å²) in [7, 11) is 0. The number of nitrogens with zero attached hydrogens (tertiary/aromatic N) is 2. The van der Waals surface area contributed by atoms with Crippen LogP contribution >= 0.6 is 0 Å². The Balaban J connectivity index is 2.19. The molecule has 0 amide bonds. The molecule has 0 saturated carbocycles. The molecule has 0 radical (unpaired) electrons. The van der Waals surface area contributed by atoms with E-state index in [1.807, 2.05) is 18.3 Å². The normalized spacial score (nSPS) is 11.3. The Labute approximate surface area is 123 Å². The smallest absolute Gasteiger partial charge is 0.0723 e. The van der Waals surface area contributed by atoms with E-state index in [2.05, 4.69) is 65.0 Å². The van der Waals surface area contributed by atoms with Crippen LogP contribution in [0.4, 0.5) is 0 Å². The summed E-state index contributed by atoms with van der Waals surface area (Å²) >= 11 is 0. The van der Waals surface area contributed by atoms with E-state index in [1.54, 1.807) is 0 Å². The van der Waals surface area contributed by atoms with Crippen molar-refractivity contribution in [3.05, 3.63) is 66.9 Å². The number of hydrogen-bond acceptors (Lipinski definition) is 1. The van der Waals surface area contributed by atoms with Gasteiger partial charge in [0, 0.05) is 34.6 Å². The molecule has 2 nitrogen and oxygen atoms in total. The molecule has 2 heterocycles. The number of pyridine rings is 1. The molecule has 2 aromatic carbocycles. The monoisotopic (exact) mass is 272 g/mol. The van der Waals surface area contributed by atoms with E-state index in [0.29, 0.717) is 0 Å². The minimum absolute atomic E-state index is 0.952. The second-order valence-electron chi connectivity index (χ2n) is 5.18. The Bertz CT molecular complexity index is 920. The van der Waals surface area contributed by atoms with Crippen LogP contribution in [-0.4, -0.2) is 9.55 Å². The summed E-state index contributed by atoms with van der Waals surface area (Å²) in [6.45, 7) is 3.15. The third-order valence-corrected chi connectivity index (χ3v) is 4.05. The van der Waals surface area contributed by atoms with Gasteiger partial charge in [0.05, 0.1) is 11.2 Å². The Kier molecular flexibility index (Phi) is 2.74. The molecule has 0 N–H and O–H groups in total. The predicted molar refractivity (Wildman–Crippen MR) is 88.3 cm³/mol. The summed E-state index contributed by atoms with van der Waals surface area (Å²) in [6.07, 6.45) is 1.85. The molecule has 4 aromatic rings. The van der Waals surface area contributed by atoms with Crippen molar-refractivity contribution in [3.63, 3.8) is 0 Å². The number of benzene rings is 2. The average Bonchev–Trinajstić information content (AvgIpc) is 2.89. The lowest BCUT2D eigenvalue weighted by molar-refractivity contribution is 0.827. The van der Waals surface area contributed by atoms with Crippen molar-refractivity contribution in [1.29, 1.82) is 0 Å². The first-order valence-corrected chi connectivity index (χ1v) is 7.31.